The molecule has 1 unspecified atom stereocenters. The molecule has 0 fully saturated rings. The van der Waals surface area contributed by atoms with Gasteiger partial charge in [-0.05, 0) is 25.1 Å². The fourth-order valence-corrected chi connectivity index (χ4v) is 2.23. The van der Waals surface area contributed by atoms with Gasteiger partial charge in [0, 0.05) is 30.4 Å². The van der Waals surface area contributed by atoms with Crippen LogP contribution >= 0.6 is 12.4 Å². The van der Waals surface area contributed by atoms with E-state index in [1.807, 2.05) is 30.3 Å². The Morgan fingerprint density at radius 1 is 1.00 bits per heavy atom. The number of ether oxygens (including phenoxy) is 3. The van der Waals surface area contributed by atoms with Gasteiger partial charge in [0.05, 0.1) is 27.0 Å². The predicted octanol–water partition coefficient (Wildman–Crippen LogP) is 3.38. The minimum absolute atomic E-state index is 0. The maximum Gasteiger partial charge on any atom is 0.164 e. The molecule has 0 saturated carbocycles. The number of nitrogens with zero attached hydrogens (tertiary/aromatic N) is 1. The van der Waals surface area contributed by atoms with Crippen molar-refractivity contribution in [2.24, 2.45) is 0 Å². The van der Waals surface area contributed by atoms with Gasteiger partial charge in [-0.15, -0.1) is 12.4 Å². The quantitative estimate of drug-likeness (QED) is 0.838. The first kappa shape index (κ1) is 19.1. The monoisotopic (exact) mass is 338 g/mol. The molecule has 1 atom stereocenters. The molecular weight excluding hydrogens is 316 g/mol. The standard InChI is InChI=1S/C17H22N2O3.ClH/c1-12(14-7-5-6-8-18-14)19-11-13-9-16(21-3)17(22-4)10-15(13)20-2;/h5-10,12,19H,11H2,1-4H3;1H. The Hall–Kier alpha value is -1.98. The summed E-state index contributed by atoms with van der Waals surface area (Å²) >= 11 is 0. The number of nitrogens with one attached hydrogen (secondary N) is 1. The Bertz CT molecular complexity index is 608. The van der Waals surface area contributed by atoms with E-state index in [-0.39, 0.29) is 18.4 Å². The maximum atomic E-state index is 5.43. The highest BCUT2D eigenvalue weighted by Gasteiger charge is 2.13. The Balaban J connectivity index is 0.00000264. The van der Waals surface area contributed by atoms with Gasteiger partial charge >= 0.3 is 0 Å². The molecule has 1 aromatic heterocycles. The predicted molar refractivity (Wildman–Crippen MR) is 92.8 cm³/mol. The molecule has 0 bridgehead atoms. The van der Waals surface area contributed by atoms with Crippen LogP contribution in [0.15, 0.2) is 36.5 Å². The molecule has 2 rings (SSSR count). The molecule has 126 valence electrons. The average molecular weight is 339 g/mol. The molecule has 5 nitrogen and oxygen atoms in total. The summed E-state index contributed by atoms with van der Waals surface area (Å²) in [4.78, 5) is 4.36. The largest absolute Gasteiger partial charge is 0.496 e. The second-order valence-corrected chi connectivity index (χ2v) is 4.88. The second-order valence-electron chi connectivity index (χ2n) is 4.88. The number of methoxy groups -OCH3 is 3. The number of benzene rings is 1. The molecule has 0 aliphatic rings. The summed E-state index contributed by atoms with van der Waals surface area (Å²) in [5.41, 5.74) is 2.00. The number of hydrogen-bond donors (Lipinski definition) is 1. The van der Waals surface area contributed by atoms with Gasteiger partial charge in [0.15, 0.2) is 11.5 Å². The first-order chi connectivity index (χ1) is 10.7. The lowest BCUT2D eigenvalue weighted by atomic mass is 10.1. The summed E-state index contributed by atoms with van der Waals surface area (Å²) < 4.78 is 16.1. The third-order valence-electron chi connectivity index (χ3n) is 3.52. The van der Waals surface area contributed by atoms with Gasteiger partial charge < -0.3 is 19.5 Å². The summed E-state index contributed by atoms with van der Waals surface area (Å²) in [6.45, 7) is 2.72. The zero-order valence-corrected chi connectivity index (χ0v) is 14.6. The lowest BCUT2D eigenvalue weighted by Gasteiger charge is -2.17. The van der Waals surface area contributed by atoms with E-state index in [9.17, 15) is 0 Å². The van der Waals surface area contributed by atoms with Crippen molar-refractivity contribution in [1.82, 2.24) is 10.3 Å². The van der Waals surface area contributed by atoms with E-state index in [1.54, 1.807) is 27.5 Å². The highest BCUT2D eigenvalue weighted by molar-refractivity contribution is 5.85. The van der Waals surface area contributed by atoms with Crippen molar-refractivity contribution in [2.45, 2.75) is 19.5 Å². The molecular formula is C17H23ClN2O3. The number of hydrogen-bond acceptors (Lipinski definition) is 5. The highest BCUT2D eigenvalue weighted by Crippen LogP contribution is 2.34. The van der Waals surface area contributed by atoms with E-state index in [4.69, 9.17) is 14.2 Å². The van der Waals surface area contributed by atoms with Crippen molar-refractivity contribution in [3.05, 3.63) is 47.8 Å². The van der Waals surface area contributed by atoms with E-state index in [0.29, 0.717) is 18.0 Å². The van der Waals surface area contributed by atoms with Gasteiger partial charge in [0.1, 0.15) is 5.75 Å². The van der Waals surface area contributed by atoms with Crippen molar-refractivity contribution in [3.63, 3.8) is 0 Å². The van der Waals surface area contributed by atoms with E-state index in [0.717, 1.165) is 17.0 Å². The average Bonchev–Trinajstić information content (AvgIpc) is 2.59. The zero-order valence-electron chi connectivity index (χ0n) is 13.8. The van der Waals surface area contributed by atoms with Crippen LogP contribution in [0.4, 0.5) is 0 Å². The van der Waals surface area contributed by atoms with Crippen LogP contribution < -0.4 is 19.5 Å². The third kappa shape index (κ3) is 4.74. The van der Waals surface area contributed by atoms with Gasteiger partial charge in [0.25, 0.3) is 0 Å². The van der Waals surface area contributed by atoms with Gasteiger partial charge in [-0.3, -0.25) is 4.98 Å². The third-order valence-corrected chi connectivity index (χ3v) is 3.52. The minimum atomic E-state index is 0. The van der Waals surface area contributed by atoms with Crippen molar-refractivity contribution < 1.29 is 14.2 Å². The van der Waals surface area contributed by atoms with E-state index < -0.39 is 0 Å². The Kier molecular flexibility index (Phi) is 7.65. The van der Waals surface area contributed by atoms with Crippen LogP contribution in [0.25, 0.3) is 0 Å². The van der Waals surface area contributed by atoms with Crippen LogP contribution in [-0.2, 0) is 6.54 Å². The summed E-state index contributed by atoms with van der Waals surface area (Å²) in [6, 6.07) is 9.80. The Morgan fingerprint density at radius 2 is 1.65 bits per heavy atom. The Labute approximate surface area is 143 Å². The van der Waals surface area contributed by atoms with Gasteiger partial charge in [-0.2, -0.15) is 0 Å². The molecule has 1 N–H and O–H groups in total. The summed E-state index contributed by atoms with van der Waals surface area (Å²) in [6.07, 6.45) is 1.80. The van der Waals surface area contributed by atoms with Crippen LogP contribution in [0.1, 0.15) is 24.2 Å². The molecule has 0 saturated heterocycles. The number of aromatic nitrogens is 1. The lowest BCUT2D eigenvalue weighted by molar-refractivity contribution is 0.346. The van der Waals surface area contributed by atoms with E-state index in [1.165, 1.54) is 0 Å². The number of pyridine rings is 1. The minimum Gasteiger partial charge on any atom is -0.496 e. The zero-order chi connectivity index (χ0) is 15.9. The molecule has 0 aliphatic heterocycles. The molecule has 6 heteroatoms. The van der Waals surface area contributed by atoms with Crippen LogP contribution in [0.3, 0.4) is 0 Å². The molecule has 23 heavy (non-hydrogen) atoms. The molecule has 0 aliphatic carbocycles. The SMILES string of the molecule is COc1cc(OC)c(OC)cc1CNC(C)c1ccccn1.Cl. The summed E-state index contributed by atoms with van der Waals surface area (Å²) in [5, 5.41) is 3.44. The first-order valence-corrected chi connectivity index (χ1v) is 7.12. The van der Waals surface area contributed by atoms with Crippen LogP contribution in [-0.4, -0.2) is 26.3 Å². The molecule has 0 radical (unpaired) electrons. The fraction of sp³-hybridized carbons (Fsp3) is 0.353. The number of halogens is 1. The normalized spacial score (nSPS) is 11.3. The van der Waals surface area contributed by atoms with Gasteiger partial charge in [-0.1, -0.05) is 6.07 Å². The van der Waals surface area contributed by atoms with Gasteiger partial charge in [-0.25, -0.2) is 0 Å². The highest BCUT2D eigenvalue weighted by atomic mass is 35.5. The molecule has 0 amide bonds. The van der Waals surface area contributed by atoms with Crippen molar-refractivity contribution in [1.29, 1.82) is 0 Å². The molecule has 0 spiro atoms. The summed E-state index contributed by atoms with van der Waals surface area (Å²) in [5.74, 6) is 2.10. The second kappa shape index (κ2) is 9.22. The Morgan fingerprint density at radius 3 is 2.22 bits per heavy atom. The lowest BCUT2D eigenvalue weighted by Crippen LogP contribution is -2.19. The number of rotatable bonds is 7. The fourth-order valence-electron chi connectivity index (χ4n) is 2.23. The van der Waals surface area contributed by atoms with E-state index >= 15 is 0 Å². The topological polar surface area (TPSA) is 52.6 Å². The molecule has 2 aromatic rings. The van der Waals surface area contributed by atoms with Crippen LogP contribution in [0, 0.1) is 0 Å². The first-order valence-electron chi connectivity index (χ1n) is 7.12. The van der Waals surface area contributed by atoms with Crippen molar-refractivity contribution in [3.8, 4) is 17.2 Å². The molecule has 1 aromatic carbocycles. The van der Waals surface area contributed by atoms with E-state index in [2.05, 4.69) is 17.2 Å². The summed E-state index contributed by atoms with van der Waals surface area (Å²) in [7, 11) is 4.88. The smallest absolute Gasteiger partial charge is 0.164 e. The maximum absolute atomic E-state index is 5.43. The van der Waals surface area contributed by atoms with Crippen LogP contribution in [0.5, 0.6) is 17.2 Å². The van der Waals surface area contributed by atoms with Crippen LogP contribution in [0.2, 0.25) is 0 Å². The molecule has 1 heterocycles. The van der Waals surface area contributed by atoms with Crippen molar-refractivity contribution >= 4 is 12.4 Å². The van der Waals surface area contributed by atoms with Gasteiger partial charge in [0.2, 0.25) is 0 Å². The van der Waals surface area contributed by atoms with Crippen molar-refractivity contribution in [2.75, 3.05) is 21.3 Å².